The number of nitrogens with zero attached hydrogens (tertiary/aromatic N) is 2. The first-order valence-electron chi connectivity index (χ1n) is 14.1. The highest BCUT2D eigenvalue weighted by atomic mass is 35.5. The first-order chi connectivity index (χ1) is 20.0. The lowest BCUT2D eigenvalue weighted by Gasteiger charge is -2.32. The van der Waals surface area contributed by atoms with Crippen molar-refractivity contribution < 1.29 is 22.4 Å². The number of aryl methyl sites for hydroxylation is 1. The minimum absolute atomic E-state index is 0.000355. The van der Waals surface area contributed by atoms with Crippen LogP contribution in [-0.4, -0.2) is 50.5 Å². The number of sulfonamides is 1. The quantitative estimate of drug-likeness (QED) is 0.216. The van der Waals surface area contributed by atoms with Gasteiger partial charge in [-0.25, -0.2) is 12.8 Å². The molecule has 0 spiro atoms. The van der Waals surface area contributed by atoms with Crippen molar-refractivity contribution in [2.75, 3.05) is 23.7 Å². The number of carbonyl (C=O) groups is 2. The number of rotatable bonds is 15. The highest BCUT2D eigenvalue weighted by Crippen LogP contribution is 2.27. The molecule has 0 heterocycles. The summed E-state index contributed by atoms with van der Waals surface area (Å²) in [5.74, 6) is -0.968. The molecule has 0 bridgehead atoms. The second kappa shape index (κ2) is 15.7. The first-order valence-corrected chi connectivity index (χ1v) is 16.3. The Morgan fingerprint density at radius 1 is 0.976 bits per heavy atom. The maximum atomic E-state index is 13.9. The van der Waals surface area contributed by atoms with Gasteiger partial charge < -0.3 is 10.2 Å². The second-order valence-corrected chi connectivity index (χ2v) is 12.7. The smallest absolute Gasteiger partial charge is 0.243 e. The molecule has 10 heteroatoms. The lowest BCUT2D eigenvalue weighted by atomic mass is 10.0. The Hall–Kier alpha value is -3.43. The second-order valence-electron chi connectivity index (χ2n) is 10.4. The normalized spacial score (nSPS) is 12.0. The maximum absolute atomic E-state index is 13.9. The lowest BCUT2D eigenvalue weighted by molar-refractivity contribution is -0.141. The van der Waals surface area contributed by atoms with E-state index in [1.54, 1.807) is 37.3 Å². The SMILES string of the molecule is CCCCNC(=O)[C@@H](Cc1ccccc1)N(Cc1ccc(F)cc1)C(=O)CCCN(c1cc(Cl)ccc1C)S(C)(=O)=O. The predicted octanol–water partition coefficient (Wildman–Crippen LogP) is 5.89. The third kappa shape index (κ3) is 9.84. The molecule has 226 valence electrons. The number of unbranched alkanes of at least 4 members (excludes halogenated alkanes) is 1. The van der Waals surface area contributed by atoms with Gasteiger partial charge in [0.15, 0.2) is 0 Å². The molecule has 0 radical (unpaired) electrons. The predicted molar refractivity (Wildman–Crippen MR) is 166 cm³/mol. The Morgan fingerprint density at radius 3 is 2.31 bits per heavy atom. The summed E-state index contributed by atoms with van der Waals surface area (Å²) in [6.45, 7) is 4.47. The van der Waals surface area contributed by atoms with E-state index < -0.39 is 21.9 Å². The molecule has 1 atom stereocenters. The Labute approximate surface area is 253 Å². The van der Waals surface area contributed by atoms with Crippen molar-refractivity contribution in [2.24, 2.45) is 0 Å². The van der Waals surface area contributed by atoms with Crippen molar-refractivity contribution in [3.8, 4) is 0 Å². The number of hydrogen-bond acceptors (Lipinski definition) is 4. The van der Waals surface area contributed by atoms with E-state index in [0.29, 0.717) is 29.2 Å². The van der Waals surface area contributed by atoms with Gasteiger partial charge in [0.25, 0.3) is 0 Å². The molecule has 0 saturated carbocycles. The van der Waals surface area contributed by atoms with Gasteiger partial charge in [-0.05, 0) is 60.7 Å². The number of benzene rings is 3. The summed E-state index contributed by atoms with van der Waals surface area (Å²) in [4.78, 5) is 28.9. The Morgan fingerprint density at radius 2 is 1.67 bits per heavy atom. The molecule has 42 heavy (non-hydrogen) atoms. The van der Waals surface area contributed by atoms with Crippen molar-refractivity contribution in [3.05, 3.63) is 100 Å². The topological polar surface area (TPSA) is 86.8 Å². The minimum Gasteiger partial charge on any atom is -0.354 e. The fourth-order valence-corrected chi connectivity index (χ4v) is 5.86. The third-order valence-electron chi connectivity index (χ3n) is 6.96. The average molecular weight is 616 g/mol. The fraction of sp³-hybridized carbons (Fsp3) is 0.375. The van der Waals surface area contributed by atoms with Crippen molar-refractivity contribution >= 4 is 39.1 Å². The van der Waals surface area contributed by atoms with Gasteiger partial charge >= 0.3 is 0 Å². The summed E-state index contributed by atoms with van der Waals surface area (Å²) in [6.07, 6.45) is 3.34. The molecule has 0 fully saturated rings. The summed E-state index contributed by atoms with van der Waals surface area (Å²) in [7, 11) is -3.66. The summed E-state index contributed by atoms with van der Waals surface area (Å²) >= 11 is 6.16. The Balaban J connectivity index is 1.88. The zero-order valence-electron chi connectivity index (χ0n) is 24.4. The van der Waals surface area contributed by atoms with Gasteiger partial charge in [-0.3, -0.25) is 13.9 Å². The van der Waals surface area contributed by atoms with E-state index in [2.05, 4.69) is 5.32 Å². The van der Waals surface area contributed by atoms with E-state index in [4.69, 9.17) is 11.6 Å². The Kier molecular flexibility index (Phi) is 12.4. The van der Waals surface area contributed by atoms with Crippen LogP contribution >= 0.6 is 11.6 Å². The van der Waals surface area contributed by atoms with Crippen LogP contribution in [0.5, 0.6) is 0 Å². The van der Waals surface area contributed by atoms with Crippen LogP contribution in [0.15, 0.2) is 72.8 Å². The number of anilines is 1. The van der Waals surface area contributed by atoms with Gasteiger partial charge in [0.2, 0.25) is 21.8 Å². The molecule has 3 rings (SSSR count). The van der Waals surface area contributed by atoms with E-state index in [1.807, 2.05) is 37.3 Å². The number of amides is 2. The zero-order valence-corrected chi connectivity index (χ0v) is 25.9. The van der Waals surface area contributed by atoms with Crippen molar-refractivity contribution in [1.82, 2.24) is 10.2 Å². The van der Waals surface area contributed by atoms with Crippen LogP contribution in [-0.2, 0) is 32.6 Å². The first kappa shape index (κ1) is 33.1. The van der Waals surface area contributed by atoms with Gasteiger partial charge in [-0.15, -0.1) is 0 Å². The molecular formula is C32H39ClFN3O4S. The van der Waals surface area contributed by atoms with E-state index >= 15 is 0 Å². The molecule has 3 aromatic carbocycles. The van der Waals surface area contributed by atoms with Gasteiger partial charge in [0.1, 0.15) is 11.9 Å². The van der Waals surface area contributed by atoms with Crippen LogP contribution in [0.25, 0.3) is 0 Å². The van der Waals surface area contributed by atoms with E-state index in [1.165, 1.54) is 21.3 Å². The van der Waals surface area contributed by atoms with Gasteiger partial charge in [0, 0.05) is 37.5 Å². The van der Waals surface area contributed by atoms with Gasteiger partial charge in [-0.2, -0.15) is 0 Å². The molecule has 2 amide bonds. The van der Waals surface area contributed by atoms with E-state index in [0.717, 1.165) is 30.2 Å². The summed E-state index contributed by atoms with van der Waals surface area (Å²) in [5.41, 5.74) is 2.76. The molecule has 0 aliphatic heterocycles. The molecule has 0 saturated heterocycles. The van der Waals surface area contributed by atoms with Crippen LogP contribution in [0.1, 0.15) is 49.3 Å². The monoisotopic (exact) mass is 615 g/mol. The van der Waals surface area contributed by atoms with E-state index in [9.17, 15) is 22.4 Å². The van der Waals surface area contributed by atoms with E-state index in [-0.39, 0.29) is 37.7 Å². The highest BCUT2D eigenvalue weighted by Gasteiger charge is 2.30. The molecule has 3 aromatic rings. The minimum atomic E-state index is -3.66. The average Bonchev–Trinajstić information content (AvgIpc) is 2.95. The molecule has 0 unspecified atom stereocenters. The van der Waals surface area contributed by atoms with Crippen LogP contribution in [0.4, 0.5) is 10.1 Å². The van der Waals surface area contributed by atoms with Gasteiger partial charge in [0.05, 0.1) is 11.9 Å². The maximum Gasteiger partial charge on any atom is 0.243 e. The lowest BCUT2D eigenvalue weighted by Crippen LogP contribution is -2.50. The van der Waals surface area contributed by atoms with Crippen LogP contribution in [0, 0.1) is 12.7 Å². The molecule has 0 aliphatic rings. The molecule has 0 aromatic heterocycles. The molecule has 0 aliphatic carbocycles. The zero-order chi connectivity index (χ0) is 30.7. The Bertz CT molecular complexity index is 1440. The third-order valence-corrected chi connectivity index (χ3v) is 8.37. The largest absolute Gasteiger partial charge is 0.354 e. The summed E-state index contributed by atoms with van der Waals surface area (Å²) < 4.78 is 40.3. The van der Waals surface area contributed by atoms with Crippen LogP contribution in [0.3, 0.4) is 0 Å². The number of carbonyl (C=O) groups excluding carboxylic acids is 2. The standard InChI is InChI=1S/C32H39ClFN3O4S/c1-4-5-19-35-32(39)30(21-25-10-7-6-8-11-25)36(23-26-14-17-28(34)18-15-26)31(38)12-9-20-37(42(3,40)41)29-22-27(33)16-13-24(29)2/h6-8,10-11,13-18,22,30H,4-5,9,12,19-21,23H2,1-3H3,(H,35,39)/t30-/m1/s1. The number of hydrogen-bond donors (Lipinski definition) is 1. The van der Waals surface area contributed by atoms with Crippen LogP contribution in [0.2, 0.25) is 5.02 Å². The van der Waals surface area contributed by atoms with Crippen molar-refractivity contribution in [2.45, 2.75) is 58.5 Å². The highest BCUT2D eigenvalue weighted by molar-refractivity contribution is 7.92. The van der Waals surface area contributed by atoms with Crippen molar-refractivity contribution in [1.29, 1.82) is 0 Å². The summed E-state index contributed by atoms with van der Waals surface area (Å²) in [6, 6.07) is 19.5. The molecular weight excluding hydrogens is 577 g/mol. The van der Waals surface area contributed by atoms with Crippen molar-refractivity contribution in [3.63, 3.8) is 0 Å². The fourth-order valence-electron chi connectivity index (χ4n) is 4.68. The molecule has 1 N–H and O–H groups in total. The number of nitrogens with one attached hydrogen (secondary N) is 1. The number of halogens is 2. The summed E-state index contributed by atoms with van der Waals surface area (Å²) in [5, 5.41) is 3.37. The molecule has 7 nitrogen and oxygen atoms in total. The van der Waals surface area contributed by atoms with Gasteiger partial charge in [-0.1, -0.05) is 73.5 Å². The van der Waals surface area contributed by atoms with Crippen LogP contribution < -0.4 is 9.62 Å².